The SMILES string of the molecule is CC1(c2cccc(OC3CCOCC3)c2)CCCN1. The molecule has 1 N–H and O–H groups in total. The quantitative estimate of drug-likeness (QED) is 0.907. The van der Waals surface area contributed by atoms with Gasteiger partial charge in [0.1, 0.15) is 11.9 Å². The molecule has 0 radical (unpaired) electrons. The van der Waals surface area contributed by atoms with E-state index in [1.165, 1.54) is 18.4 Å². The molecule has 104 valence electrons. The monoisotopic (exact) mass is 261 g/mol. The average Bonchev–Trinajstić information content (AvgIpc) is 2.89. The van der Waals surface area contributed by atoms with E-state index in [0.717, 1.165) is 38.3 Å². The van der Waals surface area contributed by atoms with Crippen molar-refractivity contribution >= 4 is 0 Å². The fourth-order valence-corrected chi connectivity index (χ4v) is 3.04. The van der Waals surface area contributed by atoms with Gasteiger partial charge in [-0.05, 0) is 44.0 Å². The number of ether oxygens (including phenoxy) is 2. The van der Waals surface area contributed by atoms with Gasteiger partial charge in [-0.15, -0.1) is 0 Å². The Morgan fingerprint density at radius 1 is 1.32 bits per heavy atom. The lowest BCUT2D eigenvalue weighted by Crippen LogP contribution is -2.33. The summed E-state index contributed by atoms with van der Waals surface area (Å²) >= 11 is 0. The second-order valence-corrected chi connectivity index (χ2v) is 5.82. The highest BCUT2D eigenvalue weighted by Gasteiger charge is 2.30. The summed E-state index contributed by atoms with van der Waals surface area (Å²) < 4.78 is 11.5. The molecule has 1 unspecified atom stereocenters. The fraction of sp³-hybridized carbons (Fsp3) is 0.625. The summed E-state index contributed by atoms with van der Waals surface area (Å²) in [6.45, 7) is 5.04. The fourth-order valence-electron chi connectivity index (χ4n) is 3.04. The Labute approximate surface area is 115 Å². The van der Waals surface area contributed by atoms with E-state index in [0.29, 0.717) is 6.10 Å². The second kappa shape index (κ2) is 5.51. The van der Waals surface area contributed by atoms with Gasteiger partial charge < -0.3 is 14.8 Å². The molecule has 19 heavy (non-hydrogen) atoms. The van der Waals surface area contributed by atoms with Crippen molar-refractivity contribution < 1.29 is 9.47 Å². The topological polar surface area (TPSA) is 30.5 Å². The zero-order valence-corrected chi connectivity index (χ0v) is 11.7. The smallest absolute Gasteiger partial charge is 0.120 e. The van der Waals surface area contributed by atoms with Crippen LogP contribution in [0.3, 0.4) is 0 Å². The number of hydrogen-bond donors (Lipinski definition) is 1. The van der Waals surface area contributed by atoms with E-state index in [1.807, 2.05) is 0 Å². The van der Waals surface area contributed by atoms with Crippen LogP contribution in [0.5, 0.6) is 5.75 Å². The predicted octanol–water partition coefficient (Wildman–Crippen LogP) is 2.84. The van der Waals surface area contributed by atoms with Crippen molar-refractivity contribution in [1.82, 2.24) is 5.32 Å². The van der Waals surface area contributed by atoms with E-state index in [9.17, 15) is 0 Å². The van der Waals surface area contributed by atoms with Crippen molar-refractivity contribution in [3.8, 4) is 5.75 Å². The molecule has 1 aromatic carbocycles. The largest absolute Gasteiger partial charge is 0.490 e. The first-order valence-corrected chi connectivity index (χ1v) is 7.36. The molecule has 0 aromatic heterocycles. The Morgan fingerprint density at radius 3 is 2.89 bits per heavy atom. The molecule has 2 saturated heterocycles. The van der Waals surface area contributed by atoms with Crippen LogP contribution in [0.2, 0.25) is 0 Å². The number of hydrogen-bond acceptors (Lipinski definition) is 3. The number of nitrogens with one attached hydrogen (secondary N) is 1. The molecule has 0 aliphatic carbocycles. The maximum atomic E-state index is 6.09. The Kier molecular flexibility index (Phi) is 3.76. The highest BCUT2D eigenvalue weighted by Crippen LogP contribution is 2.32. The Hall–Kier alpha value is -1.06. The van der Waals surface area contributed by atoms with E-state index in [4.69, 9.17) is 9.47 Å². The van der Waals surface area contributed by atoms with Gasteiger partial charge in [-0.2, -0.15) is 0 Å². The van der Waals surface area contributed by atoms with Crippen molar-refractivity contribution in [2.24, 2.45) is 0 Å². The molecular formula is C16H23NO2. The number of benzene rings is 1. The summed E-state index contributed by atoms with van der Waals surface area (Å²) in [5.41, 5.74) is 1.46. The lowest BCUT2D eigenvalue weighted by atomic mass is 9.90. The van der Waals surface area contributed by atoms with Gasteiger partial charge in [0.15, 0.2) is 0 Å². The van der Waals surface area contributed by atoms with E-state index in [1.54, 1.807) is 0 Å². The maximum Gasteiger partial charge on any atom is 0.120 e. The van der Waals surface area contributed by atoms with Crippen molar-refractivity contribution in [1.29, 1.82) is 0 Å². The van der Waals surface area contributed by atoms with Gasteiger partial charge in [-0.1, -0.05) is 12.1 Å². The van der Waals surface area contributed by atoms with E-state index in [2.05, 4.69) is 36.5 Å². The minimum Gasteiger partial charge on any atom is -0.490 e. The van der Waals surface area contributed by atoms with Gasteiger partial charge in [-0.3, -0.25) is 0 Å². The molecule has 0 saturated carbocycles. The zero-order valence-electron chi connectivity index (χ0n) is 11.7. The first kappa shape index (κ1) is 12.9. The molecule has 0 amide bonds. The van der Waals surface area contributed by atoms with Crippen LogP contribution in [0, 0.1) is 0 Å². The summed E-state index contributed by atoms with van der Waals surface area (Å²) in [5, 5.41) is 3.60. The molecule has 2 aliphatic rings. The molecule has 1 aromatic rings. The highest BCUT2D eigenvalue weighted by molar-refractivity contribution is 5.33. The zero-order chi connectivity index (χ0) is 13.1. The summed E-state index contributed by atoms with van der Waals surface area (Å²) in [7, 11) is 0. The summed E-state index contributed by atoms with van der Waals surface area (Å²) in [4.78, 5) is 0. The highest BCUT2D eigenvalue weighted by atomic mass is 16.5. The first-order chi connectivity index (χ1) is 9.26. The first-order valence-electron chi connectivity index (χ1n) is 7.36. The van der Waals surface area contributed by atoms with Crippen molar-refractivity contribution in [2.75, 3.05) is 19.8 Å². The molecule has 1 atom stereocenters. The van der Waals surface area contributed by atoms with Gasteiger partial charge in [0.2, 0.25) is 0 Å². The Bertz CT molecular complexity index is 421. The van der Waals surface area contributed by atoms with Crippen LogP contribution in [0.15, 0.2) is 24.3 Å². The van der Waals surface area contributed by atoms with E-state index < -0.39 is 0 Å². The molecule has 2 fully saturated rings. The number of rotatable bonds is 3. The van der Waals surface area contributed by atoms with Crippen molar-refractivity contribution in [3.63, 3.8) is 0 Å². The van der Waals surface area contributed by atoms with Crippen LogP contribution in [-0.4, -0.2) is 25.9 Å². The summed E-state index contributed by atoms with van der Waals surface area (Å²) in [6.07, 6.45) is 4.77. The Morgan fingerprint density at radius 2 is 2.16 bits per heavy atom. The van der Waals surface area contributed by atoms with Gasteiger partial charge in [0.05, 0.1) is 13.2 Å². The second-order valence-electron chi connectivity index (χ2n) is 5.82. The minimum absolute atomic E-state index is 0.120. The van der Waals surface area contributed by atoms with Crippen LogP contribution in [0.1, 0.15) is 38.2 Å². The van der Waals surface area contributed by atoms with Gasteiger partial charge in [0, 0.05) is 18.4 Å². The Balaban J connectivity index is 1.72. The summed E-state index contributed by atoms with van der Waals surface area (Å²) in [5.74, 6) is 0.999. The van der Waals surface area contributed by atoms with Crippen LogP contribution in [0.25, 0.3) is 0 Å². The summed E-state index contributed by atoms with van der Waals surface area (Å²) in [6, 6.07) is 8.58. The average molecular weight is 261 g/mol. The molecule has 0 spiro atoms. The molecule has 0 bridgehead atoms. The van der Waals surface area contributed by atoms with Crippen LogP contribution in [-0.2, 0) is 10.3 Å². The molecular weight excluding hydrogens is 238 g/mol. The molecule has 2 heterocycles. The van der Waals surface area contributed by atoms with Crippen LogP contribution < -0.4 is 10.1 Å². The van der Waals surface area contributed by atoms with Gasteiger partial charge in [-0.25, -0.2) is 0 Å². The predicted molar refractivity (Wildman–Crippen MR) is 75.5 cm³/mol. The molecule has 3 rings (SSSR count). The van der Waals surface area contributed by atoms with Crippen molar-refractivity contribution in [2.45, 2.75) is 44.2 Å². The maximum absolute atomic E-state index is 6.09. The molecule has 2 aliphatic heterocycles. The third kappa shape index (κ3) is 2.93. The van der Waals surface area contributed by atoms with Crippen LogP contribution >= 0.6 is 0 Å². The molecule has 3 nitrogen and oxygen atoms in total. The van der Waals surface area contributed by atoms with E-state index >= 15 is 0 Å². The normalized spacial score (nSPS) is 28.5. The lowest BCUT2D eigenvalue weighted by molar-refractivity contribution is 0.0255. The minimum atomic E-state index is 0.120. The standard InChI is InChI=1S/C16H23NO2/c1-16(8-3-9-17-16)13-4-2-5-15(12-13)19-14-6-10-18-11-7-14/h2,4-5,12,14,17H,3,6-11H2,1H3. The van der Waals surface area contributed by atoms with Gasteiger partial charge >= 0.3 is 0 Å². The van der Waals surface area contributed by atoms with Gasteiger partial charge in [0.25, 0.3) is 0 Å². The van der Waals surface area contributed by atoms with E-state index in [-0.39, 0.29) is 5.54 Å². The van der Waals surface area contributed by atoms with Crippen LogP contribution in [0.4, 0.5) is 0 Å². The van der Waals surface area contributed by atoms with Crippen molar-refractivity contribution in [3.05, 3.63) is 29.8 Å². The third-order valence-electron chi connectivity index (χ3n) is 4.31. The molecule has 3 heteroatoms. The lowest BCUT2D eigenvalue weighted by Gasteiger charge is -2.27. The third-order valence-corrected chi connectivity index (χ3v) is 4.31.